The van der Waals surface area contributed by atoms with E-state index in [-0.39, 0.29) is 12.5 Å². The van der Waals surface area contributed by atoms with Crippen molar-refractivity contribution in [2.45, 2.75) is 6.61 Å². The first-order valence-corrected chi connectivity index (χ1v) is 8.86. The molecule has 0 aliphatic rings. The number of rotatable bonds is 7. The number of hydrogen-bond acceptors (Lipinski definition) is 9. The van der Waals surface area contributed by atoms with Crippen molar-refractivity contribution in [3.8, 4) is 28.7 Å². The second-order valence-corrected chi connectivity index (χ2v) is 6.01. The van der Waals surface area contributed by atoms with Crippen molar-refractivity contribution in [3.63, 3.8) is 0 Å². The van der Waals surface area contributed by atoms with E-state index in [9.17, 15) is 4.79 Å². The summed E-state index contributed by atoms with van der Waals surface area (Å²) in [4.78, 5) is 20.7. The molecule has 0 fully saturated rings. The molecule has 0 spiro atoms. The molecule has 0 atom stereocenters. The van der Waals surface area contributed by atoms with Gasteiger partial charge in [-0.3, -0.25) is 0 Å². The van der Waals surface area contributed by atoms with Gasteiger partial charge in [0.2, 0.25) is 5.82 Å². The van der Waals surface area contributed by atoms with Gasteiger partial charge < -0.3 is 18.7 Å². The fourth-order valence-corrected chi connectivity index (χ4v) is 2.66. The third-order valence-electron chi connectivity index (χ3n) is 4.17. The molecule has 10 heteroatoms. The molecule has 0 unspecified atom stereocenters. The molecule has 0 aliphatic carbocycles. The molecule has 3 aromatic heterocycles. The van der Waals surface area contributed by atoms with Crippen LogP contribution in [0.4, 0.5) is 0 Å². The van der Waals surface area contributed by atoms with Crippen molar-refractivity contribution in [2.24, 2.45) is 0 Å². The smallest absolute Gasteiger partial charge is 0.340 e. The van der Waals surface area contributed by atoms with Gasteiger partial charge in [-0.2, -0.15) is 10.1 Å². The highest BCUT2D eigenvalue weighted by Crippen LogP contribution is 2.31. The predicted octanol–water partition coefficient (Wildman–Crippen LogP) is 2.69. The minimum absolute atomic E-state index is 0.150. The van der Waals surface area contributed by atoms with E-state index in [0.29, 0.717) is 34.3 Å². The lowest BCUT2D eigenvalue weighted by Crippen LogP contribution is -2.07. The molecule has 10 nitrogen and oxygen atoms in total. The summed E-state index contributed by atoms with van der Waals surface area (Å²) in [6.45, 7) is -0.175. The number of esters is 1. The SMILES string of the molecule is COc1ccc(-c2noc(COC(=O)c3ccc(-n4cccn4)nc3)n2)c(OC)c1. The number of methoxy groups -OCH3 is 2. The molecule has 4 aromatic rings. The maximum atomic E-state index is 12.3. The van der Waals surface area contributed by atoms with Crippen LogP contribution < -0.4 is 9.47 Å². The number of benzene rings is 1. The maximum Gasteiger partial charge on any atom is 0.340 e. The van der Waals surface area contributed by atoms with Crippen LogP contribution in [0.1, 0.15) is 16.2 Å². The van der Waals surface area contributed by atoms with E-state index in [1.807, 2.05) is 0 Å². The van der Waals surface area contributed by atoms with Crippen LogP contribution in [0, 0.1) is 0 Å². The number of carbonyl (C=O) groups is 1. The van der Waals surface area contributed by atoms with Crippen molar-refractivity contribution in [1.29, 1.82) is 0 Å². The Morgan fingerprint density at radius 3 is 2.77 bits per heavy atom. The average Bonchev–Trinajstić information content (AvgIpc) is 3.49. The van der Waals surface area contributed by atoms with E-state index < -0.39 is 5.97 Å². The second kappa shape index (κ2) is 8.43. The van der Waals surface area contributed by atoms with Gasteiger partial charge in [-0.15, -0.1) is 0 Å². The molecule has 4 rings (SSSR count). The summed E-state index contributed by atoms with van der Waals surface area (Å²) in [6, 6.07) is 10.3. The van der Waals surface area contributed by atoms with Gasteiger partial charge in [0.1, 0.15) is 11.5 Å². The van der Waals surface area contributed by atoms with Crippen molar-refractivity contribution in [2.75, 3.05) is 14.2 Å². The normalized spacial score (nSPS) is 10.6. The largest absolute Gasteiger partial charge is 0.497 e. The quantitative estimate of drug-likeness (QED) is 0.426. The van der Waals surface area contributed by atoms with Gasteiger partial charge in [-0.1, -0.05) is 5.16 Å². The Morgan fingerprint density at radius 2 is 2.07 bits per heavy atom. The lowest BCUT2D eigenvalue weighted by molar-refractivity contribution is 0.0429. The van der Waals surface area contributed by atoms with Crippen LogP contribution in [-0.2, 0) is 11.3 Å². The van der Waals surface area contributed by atoms with Crippen molar-refractivity contribution < 1.29 is 23.5 Å². The average molecular weight is 407 g/mol. The lowest BCUT2D eigenvalue weighted by atomic mass is 10.2. The number of carbonyl (C=O) groups excluding carboxylic acids is 1. The molecule has 1 aromatic carbocycles. The maximum absolute atomic E-state index is 12.3. The molecule has 0 amide bonds. The number of nitrogens with zero attached hydrogens (tertiary/aromatic N) is 5. The molecular weight excluding hydrogens is 390 g/mol. The minimum Gasteiger partial charge on any atom is -0.497 e. The Morgan fingerprint density at radius 1 is 1.17 bits per heavy atom. The van der Waals surface area contributed by atoms with E-state index in [0.717, 1.165) is 0 Å². The zero-order valence-electron chi connectivity index (χ0n) is 16.2. The van der Waals surface area contributed by atoms with Gasteiger partial charge >= 0.3 is 5.97 Å². The molecule has 0 saturated carbocycles. The van der Waals surface area contributed by atoms with Crippen LogP contribution in [0.5, 0.6) is 11.5 Å². The number of pyridine rings is 1. The van der Waals surface area contributed by atoms with E-state index in [1.54, 1.807) is 60.6 Å². The molecule has 0 saturated heterocycles. The fourth-order valence-electron chi connectivity index (χ4n) is 2.66. The minimum atomic E-state index is -0.559. The van der Waals surface area contributed by atoms with Crippen LogP contribution in [0.3, 0.4) is 0 Å². The molecule has 0 N–H and O–H groups in total. The summed E-state index contributed by atoms with van der Waals surface area (Å²) in [5.41, 5.74) is 0.917. The Labute approximate surface area is 171 Å². The van der Waals surface area contributed by atoms with Crippen LogP contribution in [0.2, 0.25) is 0 Å². The summed E-state index contributed by atoms with van der Waals surface area (Å²) in [5, 5.41) is 8.00. The van der Waals surface area contributed by atoms with E-state index in [4.69, 9.17) is 18.7 Å². The lowest BCUT2D eigenvalue weighted by Gasteiger charge is -2.07. The van der Waals surface area contributed by atoms with Gasteiger partial charge in [0, 0.05) is 24.7 Å². The summed E-state index contributed by atoms with van der Waals surface area (Å²) < 4.78 is 22.5. The number of ether oxygens (including phenoxy) is 3. The van der Waals surface area contributed by atoms with Crippen LogP contribution in [0.15, 0.2) is 59.5 Å². The highest BCUT2D eigenvalue weighted by atomic mass is 16.6. The monoisotopic (exact) mass is 407 g/mol. The van der Waals surface area contributed by atoms with Gasteiger partial charge in [-0.25, -0.2) is 14.5 Å². The second-order valence-electron chi connectivity index (χ2n) is 6.01. The molecular formula is C20H17N5O5. The fraction of sp³-hybridized carbons (Fsp3) is 0.150. The Balaban J connectivity index is 1.41. The molecule has 30 heavy (non-hydrogen) atoms. The molecule has 0 bridgehead atoms. The number of aromatic nitrogens is 5. The molecule has 152 valence electrons. The Kier molecular flexibility index (Phi) is 5.37. The Hall–Kier alpha value is -4.21. The van der Waals surface area contributed by atoms with Crippen molar-refractivity contribution in [1.82, 2.24) is 24.9 Å². The van der Waals surface area contributed by atoms with E-state index in [1.165, 1.54) is 13.3 Å². The molecule has 0 aliphatic heterocycles. The van der Waals surface area contributed by atoms with Gasteiger partial charge in [0.25, 0.3) is 5.89 Å². The summed E-state index contributed by atoms with van der Waals surface area (Å²) in [7, 11) is 3.10. The Bertz CT molecular complexity index is 1140. The first kappa shape index (κ1) is 19.1. The van der Waals surface area contributed by atoms with Crippen molar-refractivity contribution >= 4 is 5.97 Å². The van der Waals surface area contributed by atoms with Crippen LogP contribution >= 0.6 is 0 Å². The topological polar surface area (TPSA) is 114 Å². The zero-order chi connectivity index (χ0) is 20.9. The van der Waals surface area contributed by atoms with Crippen LogP contribution in [-0.4, -0.2) is 45.1 Å². The van der Waals surface area contributed by atoms with Gasteiger partial charge in [0.15, 0.2) is 12.4 Å². The first-order valence-electron chi connectivity index (χ1n) is 8.86. The van der Waals surface area contributed by atoms with Gasteiger partial charge in [-0.05, 0) is 30.3 Å². The summed E-state index contributed by atoms with van der Waals surface area (Å²) in [6.07, 6.45) is 4.82. The highest BCUT2D eigenvalue weighted by molar-refractivity contribution is 5.89. The third kappa shape index (κ3) is 3.97. The van der Waals surface area contributed by atoms with Crippen molar-refractivity contribution in [3.05, 3.63) is 66.4 Å². The van der Waals surface area contributed by atoms with E-state index in [2.05, 4.69) is 20.2 Å². The summed E-state index contributed by atoms with van der Waals surface area (Å²) in [5.74, 6) is 1.66. The van der Waals surface area contributed by atoms with Crippen LogP contribution in [0.25, 0.3) is 17.2 Å². The summed E-state index contributed by atoms with van der Waals surface area (Å²) >= 11 is 0. The molecule has 3 heterocycles. The highest BCUT2D eigenvalue weighted by Gasteiger charge is 2.16. The predicted molar refractivity (Wildman–Crippen MR) is 103 cm³/mol. The standard InChI is InChI=1S/C20H17N5O5/c1-27-14-5-6-15(16(10-14)28-2)19-23-18(30-24-19)12-29-20(26)13-4-7-17(21-11-13)25-9-3-8-22-25/h3-11H,12H2,1-2H3. The number of hydrogen-bond donors (Lipinski definition) is 0. The third-order valence-corrected chi connectivity index (χ3v) is 4.17. The molecule has 0 radical (unpaired) electrons. The zero-order valence-corrected chi connectivity index (χ0v) is 16.2. The first-order chi connectivity index (χ1) is 14.7. The van der Waals surface area contributed by atoms with Gasteiger partial charge in [0.05, 0.1) is 25.3 Å². The van der Waals surface area contributed by atoms with E-state index >= 15 is 0 Å².